The second-order valence-electron chi connectivity index (χ2n) is 9.54. The normalized spacial score (nSPS) is 17.0. The summed E-state index contributed by atoms with van der Waals surface area (Å²) in [5.74, 6) is 0.668. The quantitative estimate of drug-likeness (QED) is 0.353. The van der Waals surface area contributed by atoms with E-state index in [0.717, 1.165) is 52.8 Å². The third kappa shape index (κ3) is 4.40. The van der Waals surface area contributed by atoms with Gasteiger partial charge >= 0.3 is 0 Å². The summed E-state index contributed by atoms with van der Waals surface area (Å²) in [6.07, 6.45) is 6.02. The van der Waals surface area contributed by atoms with Crippen molar-refractivity contribution >= 4 is 5.91 Å². The van der Waals surface area contributed by atoms with Crippen LogP contribution in [-0.2, 0) is 24.9 Å². The summed E-state index contributed by atoms with van der Waals surface area (Å²) in [5, 5.41) is 4.26. The second-order valence-corrected chi connectivity index (χ2v) is 9.54. The molecule has 182 valence electrons. The third-order valence-corrected chi connectivity index (χ3v) is 7.02. The van der Waals surface area contributed by atoms with Crippen molar-refractivity contribution in [2.24, 2.45) is 7.05 Å². The minimum absolute atomic E-state index is 0.0152. The van der Waals surface area contributed by atoms with Gasteiger partial charge < -0.3 is 14.4 Å². The number of carbonyl (C=O) groups is 1. The van der Waals surface area contributed by atoms with Gasteiger partial charge in [0, 0.05) is 38.5 Å². The van der Waals surface area contributed by atoms with Crippen LogP contribution in [0, 0.1) is 0 Å². The van der Waals surface area contributed by atoms with Crippen LogP contribution in [0.3, 0.4) is 0 Å². The molecule has 3 aromatic carbocycles. The van der Waals surface area contributed by atoms with Crippen molar-refractivity contribution in [1.82, 2.24) is 14.7 Å². The van der Waals surface area contributed by atoms with E-state index in [1.807, 2.05) is 48.6 Å². The van der Waals surface area contributed by atoms with Crippen LogP contribution in [0.25, 0.3) is 22.3 Å². The number of aromatic nitrogens is 2. The molecule has 6 heteroatoms. The molecular formula is C30H29N3O3. The Morgan fingerprint density at radius 2 is 1.83 bits per heavy atom. The van der Waals surface area contributed by atoms with E-state index in [1.54, 1.807) is 4.68 Å². The summed E-state index contributed by atoms with van der Waals surface area (Å²) in [6, 6.07) is 22.6. The predicted molar refractivity (Wildman–Crippen MR) is 139 cm³/mol. The van der Waals surface area contributed by atoms with Crippen molar-refractivity contribution < 1.29 is 14.3 Å². The van der Waals surface area contributed by atoms with E-state index in [2.05, 4.69) is 47.6 Å². The minimum atomic E-state index is 0.0152. The van der Waals surface area contributed by atoms with Crippen molar-refractivity contribution in [1.29, 1.82) is 0 Å². The van der Waals surface area contributed by atoms with Gasteiger partial charge in [0.05, 0.1) is 17.9 Å². The number of rotatable bonds is 7. The lowest BCUT2D eigenvalue weighted by Gasteiger charge is -2.16. The largest absolute Gasteiger partial charge is 0.490 e. The summed E-state index contributed by atoms with van der Waals surface area (Å²) < 4.78 is 13.7. The van der Waals surface area contributed by atoms with E-state index in [-0.39, 0.29) is 12.0 Å². The number of aryl methyl sites for hydroxylation is 1. The van der Waals surface area contributed by atoms with Crippen molar-refractivity contribution in [3.8, 4) is 28.0 Å². The van der Waals surface area contributed by atoms with Gasteiger partial charge in [0.15, 0.2) is 0 Å². The second kappa shape index (κ2) is 9.63. The first-order chi connectivity index (χ1) is 17.7. The summed E-state index contributed by atoms with van der Waals surface area (Å²) >= 11 is 0. The molecule has 1 fully saturated rings. The molecule has 0 aliphatic carbocycles. The molecule has 2 aliphatic rings. The van der Waals surface area contributed by atoms with E-state index >= 15 is 0 Å². The Labute approximate surface area is 211 Å². The van der Waals surface area contributed by atoms with Gasteiger partial charge in [-0.05, 0) is 46.7 Å². The maximum Gasteiger partial charge on any atom is 0.258 e. The first-order valence-electron chi connectivity index (χ1n) is 12.5. The molecule has 3 heterocycles. The Kier molecular flexibility index (Phi) is 6.03. The first-order valence-corrected chi connectivity index (χ1v) is 12.5. The Balaban J connectivity index is 1.27. The van der Waals surface area contributed by atoms with Crippen LogP contribution in [0.15, 0.2) is 79.1 Å². The average Bonchev–Trinajstić information content (AvgIpc) is 3.65. The summed E-state index contributed by atoms with van der Waals surface area (Å²) in [7, 11) is 1.91. The average molecular weight is 480 g/mol. The molecule has 0 saturated carbocycles. The van der Waals surface area contributed by atoms with Gasteiger partial charge in [0.1, 0.15) is 12.4 Å². The fourth-order valence-electron chi connectivity index (χ4n) is 5.13. The Morgan fingerprint density at radius 1 is 1.00 bits per heavy atom. The Morgan fingerprint density at radius 3 is 2.56 bits per heavy atom. The lowest BCUT2D eigenvalue weighted by atomic mass is 9.96. The van der Waals surface area contributed by atoms with Crippen LogP contribution in [0.1, 0.15) is 34.3 Å². The molecule has 1 amide bonds. The van der Waals surface area contributed by atoms with Crippen LogP contribution in [0.2, 0.25) is 0 Å². The zero-order valence-corrected chi connectivity index (χ0v) is 20.4. The molecule has 1 aromatic heterocycles. The number of carbonyl (C=O) groups excluding carboxylic acids is 1. The fourth-order valence-corrected chi connectivity index (χ4v) is 5.13. The van der Waals surface area contributed by atoms with Crippen molar-refractivity contribution in [3.05, 3.63) is 95.8 Å². The van der Waals surface area contributed by atoms with Gasteiger partial charge in [0.25, 0.3) is 5.91 Å². The number of hydrogen-bond acceptors (Lipinski definition) is 4. The summed E-state index contributed by atoms with van der Waals surface area (Å²) in [4.78, 5) is 15.6. The highest BCUT2D eigenvalue weighted by molar-refractivity contribution is 6.03. The van der Waals surface area contributed by atoms with Gasteiger partial charge in [0.2, 0.25) is 0 Å². The van der Waals surface area contributed by atoms with Crippen LogP contribution in [-0.4, -0.2) is 39.9 Å². The highest BCUT2D eigenvalue weighted by Crippen LogP contribution is 2.39. The molecule has 0 N–H and O–H groups in total. The molecule has 0 bridgehead atoms. The van der Waals surface area contributed by atoms with Gasteiger partial charge in [-0.3, -0.25) is 9.48 Å². The topological polar surface area (TPSA) is 56.6 Å². The standard InChI is InChI=1S/C30H29N3O3/c1-32-18-24(16-31-32)22-11-9-21(10-12-22)17-33-19-27-26(23-6-3-2-4-7-23)13-14-28(29(27)30(33)34)36-20-25-8-5-15-35-25/h2-4,6-7,9-14,16,18,25H,5,8,15,17,19-20H2,1H3. The highest BCUT2D eigenvalue weighted by Gasteiger charge is 2.33. The zero-order valence-electron chi connectivity index (χ0n) is 20.4. The molecule has 6 nitrogen and oxygen atoms in total. The van der Waals surface area contributed by atoms with Crippen molar-refractivity contribution in [2.75, 3.05) is 13.2 Å². The van der Waals surface area contributed by atoms with Crippen LogP contribution < -0.4 is 4.74 Å². The van der Waals surface area contributed by atoms with E-state index < -0.39 is 0 Å². The molecule has 1 saturated heterocycles. The van der Waals surface area contributed by atoms with Gasteiger partial charge in [-0.25, -0.2) is 0 Å². The lowest BCUT2D eigenvalue weighted by Crippen LogP contribution is -2.24. The number of fused-ring (bicyclic) bond motifs is 1. The lowest BCUT2D eigenvalue weighted by molar-refractivity contribution is 0.0659. The molecule has 1 unspecified atom stereocenters. The first kappa shape index (κ1) is 22.6. The smallest absolute Gasteiger partial charge is 0.258 e. The maximum absolute atomic E-state index is 13.7. The molecule has 1 atom stereocenters. The van der Waals surface area contributed by atoms with E-state index in [4.69, 9.17) is 9.47 Å². The van der Waals surface area contributed by atoms with Crippen LogP contribution in [0.4, 0.5) is 0 Å². The van der Waals surface area contributed by atoms with Crippen LogP contribution >= 0.6 is 0 Å². The molecule has 4 aromatic rings. The van der Waals surface area contributed by atoms with E-state index in [1.165, 1.54) is 0 Å². The monoisotopic (exact) mass is 479 g/mol. The number of nitrogens with zero attached hydrogens (tertiary/aromatic N) is 3. The zero-order chi connectivity index (χ0) is 24.5. The number of amides is 1. The fraction of sp³-hybridized carbons (Fsp3) is 0.267. The number of ether oxygens (including phenoxy) is 2. The van der Waals surface area contributed by atoms with Crippen molar-refractivity contribution in [2.45, 2.75) is 32.0 Å². The maximum atomic E-state index is 13.7. The van der Waals surface area contributed by atoms with Crippen LogP contribution in [0.5, 0.6) is 5.75 Å². The minimum Gasteiger partial charge on any atom is -0.490 e. The van der Waals surface area contributed by atoms with E-state index in [0.29, 0.717) is 31.0 Å². The molecule has 36 heavy (non-hydrogen) atoms. The van der Waals surface area contributed by atoms with Gasteiger partial charge in [-0.1, -0.05) is 60.7 Å². The molecule has 0 radical (unpaired) electrons. The summed E-state index contributed by atoms with van der Waals surface area (Å²) in [5.41, 5.74) is 7.18. The third-order valence-electron chi connectivity index (χ3n) is 7.02. The van der Waals surface area contributed by atoms with E-state index in [9.17, 15) is 4.79 Å². The number of hydrogen-bond donors (Lipinski definition) is 0. The molecule has 2 aliphatic heterocycles. The van der Waals surface area contributed by atoms with Gasteiger partial charge in [-0.15, -0.1) is 0 Å². The summed E-state index contributed by atoms with van der Waals surface area (Å²) in [6.45, 7) is 2.35. The van der Waals surface area contributed by atoms with Crippen molar-refractivity contribution in [3.63, 3.8) is 0 Å². The predicted octanol–water partition coefficient (Wildman–Crippen LogP) is 5.47. The molecule has 0 spiro atoms. The Hall–Kier alpha value is -3.90. The molecule has 6 rings (SSSR count). The van der Waals surface area contributed by atoms with Gasteiger partial charge in [-0.2, -0.15) is 5.10 Å². The number of benzene rings is 3. The molecular weight excluding hydrogens is 450 g/mol. The highest BCUT2D eigenvalue weighted by atomic mass is 16.5. The SMILES string of the molecule is Cn1cc(-c2ccc(CN3Cc4c(-c5ccccc5)ccc(OCC5CCCO5)c4C3=O)cc2)cn1. The Bertz CT molecular complexity index is 1370.